The van der Waals surface area contributed by atoms with Crippen molar-refractivity contribution in [3.05, 3.63) is 46.7 Å². The summed E-state index contributed by atoms with van der Waals surface area (Å²) in [5.74, 6) is 0.0462. The van der Waals surface area contributed by atoms with Crippen LogP contribution < -0.4 is 5.32 Å². The molecule has 3 aromatic heterocycles. The Morgan fingerprint density at radius 2 is 2.13 bits per heavy atom. The van der Waals surface area contributed by atoms with Crippen LogP contribution in [-0.2, 0) is 0 Å². The van der Waals surface area contributed by atoms with Gasteiger partial charge >= 0.3 is 0 Å². The number of aliphatic hydroxyl groups excluding tert-OH is 1. The Bertz CT molecular complexity index is 1220. The van der Waals surface area contributed by atoms with E-state index in [0.717, 1.165) is 33.6 Å². The topological polar surface area (TPSA) is 61.3 Å². The number of hydrogen-bond donors (Lipinski definition) is 2. The number of thiazole rings is 1. The lowest BCUT2D eigenvalue weighted by atomic mass is 9.87. The Morgan fingerprint density at radius 1 is 1.27 bits per heavy atom. The molecule has 30 heavy (non-hydrogen) atoms. The van der Waals surface area contributed by atoms with Crippen LogP contribution in [0, 0.1) is 5.82 Å². The van der Waals surface area contributed by atoms with Crippen molar-refractivity contribution in [2.75, 3.05) is 25.0 Å². The van der Waals surface area contributed by atoms with Gasteiger partial charge in [-0.25, -0.2) is 14.4 Å². The van der Waals surface area contributed by atoms with Crippen LogP contribution in [0.4, 0.5) is 15.8 Å². The van der Waals surface area contributed by atoms with Crippen molar-refractivity contribution >= 4 is 54.5 Å². The fourth-order valence-corrected chi connectivity index (χ4v) is 6.55. The Labute approximate surface area is 182 Å². The summed E-state index contributed by atoms with van der Waals surface area (Å²) in [5, 5.41) is 13.7. The maximum absolute atomic E-state index is 14.9. The van der Waals surface area contributed by atoms with Gasteiger partial charge in [0.1, 0.15) is 10.3 Å². The van der Waals surface area contributed by atoms with Crippen molar-refractivity contribution < 1.29 is 9.50 Å². The molecule has 0 aliphatic carbocycles. The van der Waals surface area contributed by atoms with Crippen LogP contribution in [0.2, 0.25) is 0 Å². The molecule has 1 saturated heterocycles. The van der Waals surface area contributed by atoms with Crippen LogP contribution in [0.5, 0.6) is 0 Å². The standard InChI is InChI=1S/C22H23FN4OS2/c1-22(2)14(6-8-27(22)9-10-28)18-11-13-15(5-7-24-21(13)30-18)26-16-3-4-17-20(19(16)23)25-12-29-17/h3-5,7,11-12,14,28H,6,8-10H2,1-2H3,(H,24,26)/t14-/m1/s1. The lowest BCUT2D eigenvalue weighted by Crippen LogP contribution is -2.42. The van der Waals surface area contributed by atoms with Crippen molar-refractivity contribution in [1.82, 2.24) is 14.9 Å². The highest BCUT2D eigenvalue weighted by atomic mass is 32.1. The highest BCUT2D eigenvalue weighted by Gasteiger charge is 2.42. The van der Waals surface area contributed by atoms with E-state index in [1.807, 2.05) is 12.1 Å². The van der Waals surface area contributed by atoms with Crippen molar-refractivity contribution in [3.8, 4) is 0 Å². The van der Waals surface area contributed by atoms with Gasteiger partial charge in [-0.15, -0.1) is 22.7 Å². The van der Waals surface area contributed by atoms with Crippen LogP contribution in [-0.4, -0.2) is 45.2 Å². The fraction of sp³-hybridized carbons (Fsp3) is 0.364. The number of hydrogen-bond acceptors (Lipinski definition) is 7. The second-order valence-corrected chi connectivity index (χ2v) is 10.1. The molecule has 0 saturated carbocycles. The highest BCUT2D eigenvalue weighted by Crippen LogP contribution is 2.46. The van der Waals surface area contributed by atoms with Gasteiger partial charge in [0, 0.05) is 34.5 Å². The molecule has 0 radical (unpaired) electrons. The van der Waals surface area contributed by atoms with Gasteiger partial charge in [-0.1, -0.05) is 0 Å². The Hall–Kier alpha value is -2.13. The first-order chi connectivity index (χ1) is 14.5. The molecule has 8 heteroatoms. The molecular weight excluding hydrogens is 419 g/mol. The first-order valence-corrected chi connectivity index (χ1v) is 11.7. The summed E-state index contributed by atoms with van der Waals surface area (Å²) in [6, 6.07) is 7.75. The van der Waals surface area contributed by atoms with E-state index in [-0.39, 0.29) is 18.0 Å². The molecule has 4 heterocycles. The van der Waals surface area contributed by atoms with Crippen LogP contribution >= 0.6 is 22.7 Å². The summed E-state index contributed by atoms with van der Waals surface area (Å²) in [4.78, 5) is 13.3. The van der Waals surface area contributed by atoms with Gasteiger partial charge in [0.2, 0.25) is 0 Å². The summed E-state index contributed by atoms with van der Waals surface area (Å²) >= 11 is 3.14. The van der Waals surface area contributed by atoms with E-state index in [2.05, 4.69) is 40.1 Å². The summed E-state index contributed by atoms with van der Waals surface area (Å²) in [7, 11) is 0. The number of nitrogens with zero attached hydrogens (tertiary/aromatic N) is 3. The summed E-state index contributed by atoms with van der Waals surface area (Å²) < 4.78 is 15.7. The number of anilines is 2. The first-order valence-electron chi connectivity index (χ1n) is 10.0. The molecule has 0 unspecified atom stereocenters. The number of aliphatic hydroxyl groups is 1. The van der Waals surface area contributed by atoms with Gasteiger partial charge in [0.15, 0.2) is 5.82 Å². The molecule has 1 aliphatic rings. The minimum absolute atomic E-state index is 0.0288. The minimum atomic E-state index is -0.328. The molecule has 0 spiro atoms. The fourth-order valence-electron chi connectivity index (χ4n) is 4.54. The van der Waals surface area contributed by atoms with Crippen LogP contribution in [0.25, 0.3) is 20.4 Å². The average Bonchev–Trinajstić information content (AvgIpc) is 3.42. The second-order valence-electron chi connectivity index (χ2n) is 8.18. The van der Waals surface area contributed by atoms with Crippen molar-refractivity contribution in [2.45, 2.75) is 31.7 Å². The third-order valence-electron chi connectivity index (χ3n) is 6.23. The minimum Gasteiger partial charge on any atom is -0.395 e. The summed E-state index contributed by atoms with van der Waals surface area (Å²) in [6.07, 6.45) is 2.82. The molecule has 1 aromatic carbocycles. The number of thiophene rings is 1. The van der Waals surface area contributed by atoms with E-state index in [1.165, 1.54) is 16.2 Å². The molecule has 5 nitrogen and oxygen atoms in total. The molecule has 1 atom stereocenters. The zero-order valence-corrected chi connectivity index (χ0v) is 18.5. The quantitative estimate of drug-likeness (QED) is 0.436. The molecule has 1 aliphatic heterocycles. The van der Waals surface area contributed by atoms with Gasteiger partial charge in [-0.2, -0.15) is 0 Å². The number of β-amino-alcohol motifs (C(OH)–C–C–N with tert-alkyl or cyclic N) is 1. The van der Waals surface area contributed by atoms with E-state index < -0.39 is 0 Å². The number of nitrogens with one attached hydrogen (secondary N) is 1. The predicted molar refractivity (Wildman–Crippen MR) is 123 cm³/mol. The smallest absolute Gasteiger partial charge is 0.173 e. The number of fused-ring (bicyclic) bond motifs is 2. The first kappa shape index (κ1) is 19.8. The number of likely N-dealkylation sites (tertiary alicyclic amines) is 1. The van der Waals surface area contributed by atoms with E-state index in [0.29, 0.717) is 23.7 Å². The normalized spacial score (nSPS) is 19.1. The molecule has 4 aromatic rings. The Morgan fingerprint density at radius 3 is 2.97 bits per heavy atom. The Balaban J connectivity index is 1.50. The van der Waals surface area contributed by atoms with Gasteiger partial charge in [-0.05, 0) is 51.1 Å². The van der Waals surface area contributed by atoms with E-state index >= 15 is 0 Å². The SMILES string of the molecule is CC1(C)[C@@H](c2cc3c(Nc4ccc5scnc5c4F)ccnc3s2)CCN1CCO. The monoisotopic (exact) mass is 442 g/mol. The zero-order chi connectivity index (χ0) is 20.9. The van der Waals surface area contributed by atoms with Gasteiger partial charge in [0.05, 0.1) is 28.2 Å². The van der Waals surface area contributed by atoms with Gasteiger partial charge < -0.3 is 10.4 Å². The summed E-state index contributed by atoms with van der Waals surface area (Å²) in [5.41, 5.74) is 3.30. The number of aromatic nitrogens is 2. The second kappa shape index (κ2) is 7.53. The number of pyridine rings is 1. The third-order valence-corrected chi connectivity index (χ3v) is 8.18. The molecule has 0 amide bonds. The number of rotatable bonds is 5. The molecule has 5 rings (SSSR count). The number of halogens is 1. The van der Waals surface area contributed by atoms with E-state index in [9.17, 15) is 9.50 Å². The van der Waals surface area contributed by atoms with Crippen molar-refractivity contribution in [3.63, 3.8) is 0 Å². The van der Waals surface area contributed by atoms with Gasteiger partial charge in [-0.3, -0.25) is 4.90 Å². The van der Waals surface area contributed by atoms with Crippen LogP contribution in [0.1, 0.15) is 31.1 Å². The van der Waals surface area contributed by atoms with Gasteiger partial charge in [0.25, 0.3) is 0 Å². The highest BCUT2D eigenvalue weighted by molar-refractivity contribution is 7.18. The van der Waals surface area contributed by atoms with E-state index in [1.54, 1.807) is 29.1 Å². The lowest BCUT2D eigenvalue weighted by Gasteiger charge is -2.35. The molecule has 156 valence electrons. The van der Waals surface area contributed by atoms with Crippen LogP contribution in [0.3, 0.4) is 0 Å². The molecule has 0 bridgehead atoms. The average molecular weight is 443 g/mol. The van der Waals surface area contributed by atoms with E-state index in [4.69, 9.17) is 0 Å². The Kier molecular flexibility index (Phi) is 4.97. The zero-order valence-electron chi connectivity index (χ0n) is 16.9. The molecule has 2 N–H and O–H groups in total. The maximum Gasteiger partial charge on any atom is 0.173 e. The molecule has 1 fully saturated rings. The van der Waals surface area contributed by atoms with Crippen LogP contribution in [0.15, 0.2) is 36.0 Å². The van der Waals surface area contributed by atoms with Crippen molar-refractivity contribution in [2.24, 2.45) is 0 Å². The lowest BCUT2D eigenvalue weighted by molar-refractivity contribution is 0.127. The predicted octanol–water partition coefficient (Wildman–Crippen LogP) is 5.35. The maximum atomic E-state index is 14.9. The third kappa shape index (κ3) is 3.19. The largest absolute Gasteiger partial charge is 0.395 e. The molecular formula is C22H23FN4OS2. The summed E-state index contributed by atoms with van der Waals surface area (Å²) in [6.45, 7) is 6.33. The van der Waals surface area contributed by atoms with Crippen molar-refractivity contribution in [1.29, 1.82) is 0 Å². The number of benzene rings is 1.